The third-order valence-electron chi connectivity index (χ3n) is 4.76. The van der Waals surface area contributed by atoms with E-state index in [2.05, 4.69) is 16.7 Å². The number of halogens is 3. The number of piperazine rings is 1. The molecular weight excluding hydrogens is 277 g/mol. The summed E-state index contributed by atoms with van der Waals surface area (Å²) in [6, 6.07) is 6.79. The zero-order chi connectivity index (χ0) is 15.0. The van der Waals surface area contributed by atoms with Gasteiger partial charge < -0.3 is 0 Å². The molecule has 0 aliphatic carbocycles. The maximum Gasteiger partial charge on any atom is 0.416 e. The highest BCUT2D eigenvalue weighted by Crippen LogP contribution is 2.33. The van der Waals surface area contributed by atoms with Crippen LogP contribution in [0.25, 0.3) is 0 Å². The van der Waals surface area contributed by atoms with E-state index in [0.717, 1.165) is 19.6 Å². The average molecular weight is 298 g/mol. The smallest absolute Gasteiger partial charge is 0.298 e. The number of hydrogen-bond acceptors (Lipinski definition) is 2. The average Bonchev–Trinajstić information content (AvgIpc) is 2.85. The number of alkyl halides is 3. The van der Waals surface area contributed by atoms with Gasteiger partial charge in [-0.25, -0.2) is 0 Å². The van der Waals surface area contributed by atoms with Gasteiger partial charge in [-0.05, 0) is 37.9 Å². The molecule has 0 spiro atoms. The number of rotatable bonds is 2. The highest BCUT2D eigenvalue weighted by Gasteiger charge is 2.37. The second-order valence-electron chi connectivity index (χ2n) is 6.22. The van der Waals surface area contributed by atoms with E-state index in [1.807, 2.05) is 0 Å². The largest absolute Gasteiger partial charge is 0.416 e. The van der Waals surface area contributed by atoms with Crippen LogP contribution in [0.15, 0.2) is 24.3 Å². The Morgan fingerprint density at radius 2 is 1.95 bits per heavy atom. The molecule has 0 aromatic heterocycles. The van der Waals surface area contributed by atoms with Crippen molar-refractivity contribution in [1.82, 2.24) is 9.80 Å². The lowest BCUT2D eigenvalue weighted by Gasteiger charge is -2.42. The third kappa shape index (κ3) is 3.09. The van der Waals surface area contributed by atoms with Crippen molar-refractivity contribution in [2.24, 2.45) is 0 Å². The summed E-state index contributed by atoms with van der Waals surface area (Å²) in [6.07, 6.45) is -1.89. The first kappa shape index (κ1) is 14.9. The molecule has 116 valence electrons. The summed E-state index contributed by atoms with van der Waals surface area (Å²) >= 11 is 0. The van der Waals surface area contributed by atoms with Gasteiger partial charge in [0.1, 0.15) is 0 Å². The third-order valence-corrected chi connectivity index (χ3v) is 4.76. The lowest BCUT2D eigenvalue weighted by molar-refractivity contribution is -0.138. The van der Waals surface area contributed by atoms with Crippen LogP contribution < -0.4 is 0 Å². The molecule has 2 aliphatic rings. The van der Waals surface area contributed by atoms with Crippen LogP contribution in [0, 0.1) is 0 Å². The summed E-state index contributed by atoms with van der Waals surface area (Å²) in [5.41, 5.74) is -0.102. The Balaban J connectivity index is 1.77. The van der Waals surface area contributed by atoms with Gasteiger partial charge in [-0.2, -0.15) is 13.2 Å². The van der Waals surface area contributed by atoms with Crippen molar-refractivity contribution >= 4 is 0 Å². The van der Waals surface area contributed by atoms with E-state index in [-0.39, 0.29) is 0 Å². The molecule has 2 aliphatic heterocycles. The summed E-state index contributed by atoms with van der Waals surface area (Å²) in [5.74, 6) is 0. The van der Waals surface area contributed by atoms with E-state index >= 15 is 0 Å². The standard InChI is InChI=1S/C16H21F3N2/c1-12-9-20-8-4-6-14(20)11-21(12)10-13-5-2-3-7-15(13)16(17,18)19/h2-3,5,7,12,14H,4,6,8-11H2,1H3. The molecule has 3 rings (SSSR count). The van der Waals surface area contributed by atoms with Crippen LogP contribution >= 0.6 is 0 Å². The fourth-order valence-corrected chi connectivity index (χ4v) is 3.62. The summed E-state index contributed by atoms with van der Waals surface area (Å²) in [6.45, 7) is 5.50. The van der Waals surface area contributed by atoms with Gasteiger partial charge in [0.25, 0.3) is 0 Å². The minimum Gasteiger partial charge on any atom is -0.298 e. The van der Waals surface area contributed by atoms with E-state index in [0.29, 0.717) is 24.2 Å². The first-order valence-corrected chi connectivity index (χ1v) is 7.58. The molecule has 2 unspecified atom stereocenters. The molecule has 1 aromatic rings. The minimum absolute atomic E-state index is 0.306. The Morgan fingerprint density at radius 3 is 2.71 bits per heavy atom. The summed E-state index contributed by atoms with van der Waals surface area (Å²) in [5, 5.41) is 0. The Kier molecular flexibility index (Phi) is 3.97. The number of fused-ring (bicyclic) bond motifs is 1. The lowest BCUT2D eigenvalue weighted by Crippen LogP contribution is -2.54. The Morgan fingerprint density at radius 1 is 1.19 bits per heavy atom. The Bertz CT molecular complexity index is 501. The van der Waals surface area contributed by atoms with E-state index in [4.69, 9.17) is 0 Å². The maximum absolute atomic E-state index is 13.1. The van der Waals surface area contributed by atoms with Gasteiger partial charge in [0.2, 0.25) is 0 Å². The molecule has 1 aromatic carbocycles. The summed E-state index contributed by atoms with van der Waals surface area (Å²) < 4.78 is 39.3. The predicted octanol–water partition coefficient (Wildman–Crippen LogP) is 3.37. The van der Waals surface area contributed by atoms with E-state index in [1.54, 1.807) is 12.1 Å². The molecule has 2 fully saturated rings. The van der Waals surface area contributed by atoms with E-state index in [1.165, 1.54) is 25.0 Å². The van der Waals surface area contributed by atoms with Crippen LogP contribution in [0.5, 0.6) is 0 Å². The van der Waals surface area contributed by atoms with Crippen LogP contribution in [0.2, 0.25) is 0 Å². The van der Waals surface area contributed by atoms with Gasteiger partial charge in [-0.1, -0.05) is 18.2 Å². The van der Waals surface area contributed by atoms with Crippen molar-refractivity contribution in [1.29, 1.82) is 0 Å². The van der Waals surface area contributed by atoms with Crippen molar-refractivity contribution in [2.45, 2.75) is 44.6 Å². The van der Waals surface area contributed by atoms with E-state index < -0.39 is 11.7 Å². The minimum atomic E-state index is -4.27. The Hall–Kier alpha value is -1.07. The van der Waals surface area contributed by atoms with Gasteiger partial charge in [-0.15, -0.1) is 0 Å². The highest BCUT2D eigenvalue weighted by atomic mass is 19.4. The zero-order valence-electron chi connectivity index (χ0n) is 12.2. The molecule has 0 radical (unpaired) electrons. The first-order valence-electron chi connectivity index (χ1n) is 7.58. The van der Waals surface area contributed by atoms with Crippen LogP contribution in [-0.2, 0) is 12.7 Å². The predicted molar refractivity (Wildman–Crippen MR) is 75.9 cm³/mol. The van der Waals surface area contributed by atoms with Gasteiger partial charge in [0.05, 0.1) is 5.56 Å². The topological polar surface area (TPSA) is 6.48 Å². The van der Waals surface area contributed by atoms with Crippen molar-refractivity contribution < 1.29 is 13.2 Å². The molecule has 5 heteroatoms. The molecule has 0 saturated carbocycles. The second kappa shape index (κ2) is 5.61. The molecule has 2 saturated heterocycles. The van der Waals surface area contributed by atoms with Crippen LogP contribution in [0.1, 0.15) is 30.9 Å². The summed E-state index contributed by atoms with van der Waals surface area (Å²) in [7, 11) is 0. The van der Waals surface area contributed by atoms with Crippen LogP contribution in [0.4, 0.5) is 13.2 Å². The fourth-order valence-electron chi connectivity index (χ4n) is 3.62. The molecule has 21 heavy (non-hydrogen) atoms. The SMILES string of the molecule is CC1CN2CCCC2CN1Cc1ccccc1C(F)(F)F. The van der Waals surface area contributed by atoms with Crippen molar-refractivity contribution in [3.63, 3.8) is 0 Å². The lowest BCUT2D eigenvalue weighted by atomic mass is 10.0. The molecule has 2 nitrogen and oxygen atoms in total. The zero-order valence-corrected chi connectivity index (χ0v) is 12.2. The maximum atomic E-state index is 13.1. The van der Waals surface area contributed by atoms with Gasteiger partial charge >= 0.3 is 6.18 Å². The quantitative estimate of drug-likeness (QED) is 0.826. The number of nitrogens with zero attached hydrogens (tertiary/aromatic N) is 2. The summed E-state index contributed by atoms with van der Waals surface area (Å²) in [4.78, 5) is 4.69. The number of hydrogen-bond donors (Lipinski definition) is 0. The van der Waals surface area contributed by atoms with Gasteiger partial charge in [-0.3, -0.25) is 9.80 Å². The van der Waals surface area contributed by atoms with Gasteiger partial charge in [0.15, 0.2) is 0 Å². The van der Waals surface area contributed by atoms with Crippen molar-refractivity contribution in [3.8, 4) is 0 Å². The Labute approximate surface area is 123 Å². The molecular formula is C16H21F3N2. The van der Waals surface area contributed by atoms with Crippen LogP contribution in [-0.4, -0.2) is 41.5 Å². The second-order valence-corrected chi connectivity index (χ2v) is 6.22. The normalized spacial score (nSPS) is 27.8. The molecule has 2 heterocycles. The molecule has 0 N–H and O–H groups in total. The van der Waals surface area contributed by atoms with Crippen molar-refractivity contribution in [3.05, 3.63) is 35.4 Å². The number of benzene rings is 1. The van der Waals surface area contributed by atoms with Crippen molar-refractivity contribution in [2.75, 3.05) is 19.6 Å². The molecule has 0 amide bonds. The molecule has 0 bridgehead atoms. The monoisotopic (exact) mass is 298 g/mol. The van der Waals surface area contributed by atoms with E-state index in [9.17, 15) is 13.2 Å². The first-order chi connectivity index (χ1) is 9.95. The van der Waals surface area contributed by atoms with Crippen LogP contribution in [0.3, 0.4) is 0 Å². The van der Waals surface area contributed by atoms with Gasteiger partial charge in [0, 0.05) is 31.7 Å². The highest BCUT2D eigenvalue weighted by molar-refractivity contribution is 5.29. The molecule has 2 atom stereocenters. The fraction of sp³-hybridized carbons (Fsp3) is 0.625.